The summed E-state index contributed by atoms with van der Waals surface area (Å²) in [5.41, 5.74) is 0.128. The quantitative estimate of drug-likeness (QED) is 0.297. The molecule has 0 unspecified atom stereocenters. The molecule has 0 fully saturated rings. The highest BCUT2D eigenvalue weighted by molar-refractivity contribution is 7.98. The van der Waals surface area contributed by atoms with Crippen LogP contribution in [-0.2, 0) is 31.1 Å². The van der Waals surface area contributed by atoms with Gasteiger partial charge in [-0.1, -0.05) is 23.4 Å². The molecule has 0 bridgehead atoms. The lowest BCUT2D eigenvalue weighted by atomic mass is 10.2. The van der Waals surface area contributed by atoms with Gasteiger partial charge in [-0.05, 0) is 31.5 Å². The zero-order valence-electron chi connectivity index (χ0n) is 17.1. The molecule has 1 aromatic carbocycles. The molecule has 0 aliphatic heterocycles. The first-order chi connectivity index (χ1) is 14.3. The van der Waals surface area contributed by atoms with Gasteiger partial charge in [0.15, 0.2) is 5.16 Å². The number of hydrogen-bond acceptors (Lipinski definition) is 6. The van der Waals surface area contributed by atoms with Crippen LogP contribution in [0.5, 0.6) is 0 Å². The third-order valence-corrected chi connectivity index (χ3v) is 5.98. The lowest BCUT2D eigenvalue weighted by Gasteiger charge is -2.14. The minimum atomic E-state index is -0.398. The molecule has 8 nitrogen and oxygen atoms in total. The van der Waals surface area contributed by atoms with E-state index in [0.717, 1.165) is 4.57 Å². The molecule has 0 atom stereocenters. The van der Waals surface area contributed by atoms with Crippen molar-refractivity contribution in [1.29, 1.82) is 0 Å². The summed E-state index contributed by atoms with van der Waals surface area (Å²) in [5, 5.41) is 1.48. The third-order valence-electron chi connectivity index (χ3n) is 4.73. The van der Waals surface area contributed by atoms with E-state index in [1.807, 2.05) is 6.92 Å². The SMILES string of the molecule is CCOCCCn1c(SCc2cc(=O)n(C)c(=O)n2C)nc2cc(Cl)ccc2c1=O. The minimum absolute atomic E-state index is 0.159. The second-order valence-corrected chi connectivity index (χ2v) is 8.11. The van der Waals surface area contributed by atoms with Crippen molar-refractivity contribution in [2.24, 2.45) is 14.1 Å². The van der Waals surface area contributed by atoms with Crippen LogP contribution in [0, 0.1) is 0 Å². The summed E-state index contributed by atoms with van der Waals surface area (Å²) >= 11 is 7.37. The van der Waals surface area contributed by atoms with Gasteiger partial charge in [0.05, 0.1) is 10.9 Å². The molecule has 0 saturated heterocycles. The molecule has 0 amide bonds. The van der Waals surface area contributed by atoms with E-state index in [9.17, 15) is 14.4 Å². The second kappa shape index (κ2) is 9.63. The highest BCUT2D eigenvalue weighted by Gasteiger charge is 2.14. The van der Waals surface area contributed by atoms with Gasteiger partial charge >= 0.3 is 5.69 Å². The Morgan fingerprint density at radius 2 is 1.90 bits per heavy atom. The molecule has 160 valence electrons. The normalized spacial score (nSPS) is 11.3. The number of hydrogen-bond donors (Lipinski definition) is 0. The van der Waals surface area contributed by atoms with Gasteiger partial charge in [0.1, 0.15) is 0 Å². The Morgan fingerprint density at radius 3 is 2.63 bits per heavy atom. The first-order valence-corrected chi connectivity index (χ1v) is 10.9. The Bertz CT molecular complexity index is 1250. The molecule has 0 aliphatic carbocycles. The maximum atomic E-state index is 13.1. The zero-order chi connectivity index (χ0) is 21.8. The molecule has 0 spiro atoms. The maximum Gasteiger partial charge on any atom is 0.330 e. The number of halogens is 1. The number of benzene rings is 1. The van der Waals surface area contributed by atoms with Gasteiger partial charge in [-0.3, -0.25) is 23.3 Å². The Kier molecular flexibility index (Phi) is 7.17. The van der Waals surface area contributed by atoms with Crippen LogP contribution in [0.1, 0.15) is 19.0 Å². The minimum Gasteiger partial charge on any atom is -0.382 e. The standard InChI is InChI=1S/C20H23ClN4O4S/c1-4-29-9-5-8-25-18(27)15-7-6-13(21)10-16(15)22-19(25)30-12-14-11-17(26)24(3)20(28)23(14)2/h6-7,10-11H,4-5,8-9,12H2,1-3H3. The second-order valence-electron chi connectivity index (χ2n) is 6.73. The molecule has 3 rings (SSSR count). The molecular formula is C20H23ClN4O4S. The van der Waals surface area contributed by atoms with E-state index in [0.29, 0.717) is 58.7 Å². The topological polar surface area (TPSA) is 88.1 Å². The molecule has 0 N–H and O–H groups in total. The summed E-state index contributed by atoms with van der Waals surface area (Å²) in [6.45, 7) is 3.52. The van der Waals surface area contributed by atoms with E-state index >= 15 is 0 Å². The third kappa shape index (κ3) is 4.69. The van der Waals surface area contributed by atoms with Gasteiger partial charge in [0, 0.05) is 56.4 Å². The van der Waals surface area contributed by atoms with Gasteiger partial charge in [-0.25, -0.2) is 9.78 Å². The molecule has 0 saturated carbocycles. The van der Waals surface area contributed by atoms with Crippen LogP contribution < -0.4 is 16.8 Å². The Morgan fingerprint density at radius 1 is 1.13 bits per heavy atom. The predicted molar refractivity (Wildman–Crippen MR) is 119 cm³/mol. The highest BCUT2D eigenvalue weighted by atomic mass is 35.5. The van der Waals surface area contributed by atoms with Crippen molar-refractivity contribution < 1.29 is 4.74 Å². The Hall–Kier alpha value is -2.36. The molecule has 2 aromatic heterocycles. The summed E-state index contributed by atoms with van der Waals surface area (Å²) in [6, 6.07) is 6.41. The zero-order valence-corrected chi connectivity index (χ0v) is 18.6. The number of thioether (sulfide) groups is 1. The number of fused-ring (bicyclic) bond motifs is 1. The van der Waals surface area contributed by atoms with Crippen molar-refractivity contribution in [2.45, 2.75) is 30.8 Å². The van der Waals surface area contributed by atoms with Gasteiger partial charge in [0.2, 0.25) is 0 Å². The molecule has 3 aromatic rings. The van der Waals surface area contributed by atoms with E-state index in [4.69, 9.17) is 16.3 Å². The number of ether oxygens (including phenoxy) is 1. The van der Waals surface area contributed by atoms with Crippen molar-refractivity contribution in [3.63, 3.8) is 0 Å². The number of rotatable bonds is 8. The van der Waals surface area contributed by atoms with E-state index in [2.05, 4.69) is 4.98 Å². The molecule has 10 heteroatoms. The fraction of sp³-hybridized carbons (Fsp3) is 0.400. The van der Waals surface area contributed by atoms with Crippen molar-refractivity contribution >= 4 is 34.3 Å². The van der Waals surface area contributed by atoms with E-state index in [1.165, 1.54) is 29.4 Å². The maximum absolute atomic E-state index is 13.1. The summed E-state index contributed by atoms with van der Waals surface area (Å²) in [7, 11) is 3.05. The van der Waals surface area contributed by atoms with Crippen LogP contribution in [-0.4, -0.2) is 31.9 Å². The first-order valence-electron chi connectivity index (χ1n) is 9.50. The van der Waals surface area contributed by atoms with E-state index in [-0.39, 0.29) is 11.1 Å². The fourth-order valence-corrected chi connectivity index (χ4v) is 4.22. The Balaban J connectivity index is 1.99. The Labute approximate surface area is 182 Å². The largest absolute Gasteiger partial charge is 0.382 e. The van der Waals surface area contributed by atoms with Gasteiger partial charge in [-0.2, -0.15) is 0 Å². The molecular weight excluding hydrogens is 428 g/mol. The predicted octanol–water partition coefficient (Wildman–Crippen LogP) is 2.17. The highest BCUT2D eigenvalue weighted by Crippen LogP contribution is 2.23. The van der Waals surface area contributed by atoms with Crippen LogP contribution in [0.15, 0.2) is 43.8 Å². The van der Waals surface area contributed by atoms with Crippen LogP contribution in [0.3, 0.4) is 0 Å². The monoisotopic (exact) mass is 450 g/mol. The van der Waals surface area contributed by atoms with Crippen LogP contribution in [0.2, 0.25) is 5.02 Å². The van der Waals surface area contributed by atoms with Gasteiger partial charge in [-0.15, -0.1) is 0 Å². The average molecular weight is 451 g/mol. The molecule has 2 heterocycles. The smallest absolute Gasteiger partial charge is 0.330 e. The van der Waals surface area contributed by atoms with Crippen molar-refractivity contribution in [3.8, 4) is 0 Å². The van der Waals surface area contributed by atoms with E-state index in [1.54, 1.807) is 29.8 Å². The lowest BCUT2D eigenvalue weighted by molar-refractivity contribution is 0.140. The average Bonchev–Trinajstić information content (AvgIpc) is 2.72. The summed E-state index contributed by atoms with van der Waals surface area (Å²) < 4.78 is 9.47. The number of aromatic nitrogens is 4. The van der Waals surface area contributed by atoms with Crippen molar-refractivity contribution in [3.05, 3.63) is 66.2 Å². The molecule has 0 radical (unpaired) electrons. The van der Waals surface area contributed by atoms with Crippen molar-refractivity contribution in [1.82, 2.24) is 18.7 Å². The van der Waals surface area contributed by atoms with Crippen LogP contribution in [0.4, 0.5) is 0 Å². The fourth-order valence-electron chi connectivity index (χ4n) is 3.01. The summed E-state index contributed by atoms with van der Waals surface area (Å²) in [5.74, 6) is 0.311. The van der Waals surface area contributed by atoms with Gasteiger partial charge < -0.3 is 4.74 Å². The summed E-state index contributed by atoms with van der Waals surface area (Å²) in [4.78, 5) is 41.9. The van der Waals surface area contributed by atoms with Crippen molar-refractivity contribution in [2.75, 3.05) is 13.2 Å². The number of nitrogens with zero attached hydrogens (tertiary/aromatic N) is 4. The lowest BCUT2D eigenvalue weighted by Crippen LogP contribution is -2.37. The molecule has 0 aliphatic rings. The summed E-state index contributed by atoms with van der Waals surface area (Å²) in [6.07, 6.45) is 0.659. The first kappa shape index (κ1) is 22.3. The van der Waals surface area contributed by atoms with E-state index < -0.39 is 5.69 Å². The van der Waals surface area contributed by atoms with Crippen LogP contribution in [0.25, 0.3) is 10.9 Å². The van der Waals surface area contributed by atoms with Gasteiger partial charge in [0.25, 0.3) is 11.1 Å². The molecule has 30 heavy (non-hydrogen) atoms. The van der Waals surface area contributed by atoms with Crippen LogP contribution >= 0.6 is 23.4 Å².